The summed E-state index contributed by atoms with van der Waals surface area (Å²) in [5.74, 6) is 0.427. The Kier molecular flexibility index (Phi) is 5.03. The summed E-state index contributed by atoms with van der Waals surface area (Å²) >= 11 is 12.1. The van der Waals surface area contributed by atoms with Crippen LogP contribution in [0.5, 0.6) is 0 Å². The molecule has 0 bridgehead atoms. The van der Waals surface area contributed by atoms with Crippen molar-refractivity contribution in [1.29, 1.82) is 0 Å². The van der Waals surface area contributed by atoms with Gasteiger partial charge >= 0.3 is 0 Å². The summed E-state index contributed by atoms with van der Waals surface area (Å²) in [4.78, 5) is 16.3. The van der Waals surface area contributed by atoms with E-state index in [4.69, 9.17) is 27.6 Å². The van der Waals surface area contributed by atoms with E-state index in [2.05, 4.69) is 15.6 Å². The number of furan rings is 1. The summed E-state index contributed by atoms with van der Waals surface area (Å²) in [6, 6.07) is 10.3. The van der Waals surface area contributed by atoms with Crippen LogP contribution in [0.2, 0.25) is 10.0 Å². The topological polar surface area (TPSA) is 67.2 Å². The number of carbonyl (C=O) groups is 1. The number of halogens is 2. The fourth-order valence-corrected chi connectivity index (χ4v) is 2.40. The van der Waals surface area contributed by atoms with Crippen LogP contribution >= 0.6 is 23.2 Å². The fraction of sp³-hybridized carbons (Fsp3) is 0.0588. The van der Waals surface area contributed by atoms with Gasteiger partial charge in [-0.2, -0.15) is 0 Å². The van der Waals surface area contributed by atoms with Gasteiger partial charge in [-0.3, -0.25) is 9.78 Å². The molecule has 2 aromatic heterocycles. The molecule has 0 atom stereocenters. The highest BCUT2D eigenvalue weighted by molar-refractivity contribution is 6.35. The summed E-state index contributed by atoms with van der Waals surface area (Å²) in [6.07, 6.45) is 4.64. The Morgan fingerprint density at radius 2 is 2.04 bits per heavy atom. The smallest absolute Gasteiger partial charge is 0.253 e. The van der Waals surface area contributed by atoms with Crippen molar-refractivity contribution in [3.63, 3.8) is 0 Å². The maximum Gasteiger partial charge on any atom is 0.253 e. The molecule has 1 amide bonds. The SMILES string of the molecule is O=C(NCc1ccco1)c1cncc(Nc2cc(Cl)ccc2Cl)c1. The summed E-state index contributed by atoms with van der Waals surface area (Å²) < 4.78 is 5.18. The lowest BCUT2D eigenvalue weighted by Gasteiger charge is -2.10. The molecule has 0 fully saturated rings. The molecule has 0 saturated heterocycles. The first-order chi connectivity index (χ1) is 11.6. The molecule has 0 saturated carbocycles. The van der Waals surface area contributed by atoms with E-state index in [0.717, 1.165) is 0 Å². The maximum absolute atomic E-state index is 12.2. The molecule has 0 aliphatic rings. The highest BCUT2D eigenvalue weighted by Crippen LogP contribution is 2.28. The minimum Gasteiger partial charge on any atom is -0.467 e. The van der Waals surface area contributed by atoms with E-state index in [1.54, 1.807) is 48.9 Å². The molecule has 2 N–H and O–H groups in total. The first-order valence-electron chi connectivity index (χ1n) is 7.09. The zero-order chi connectivity index (χ0) is 16.9. The average Bonchev–Trinajstić information content (AvgIpc) is 3.10. The Hall–Kier alpha value is -2.50. The molecule has 3 aromatic rings. The van der Waals surface area contributed by atoms with E-state index in [-0.39, 0.29) is 5.91 Å². The summed E-state index contributed by atoms with van der Waals surface area (Å²) in [5.41, 5.74) is 1.69. The maximum atomic E-state index is 12.2. The van der Waals surface area contributed by atoms with Gasteiger partial charge in [0.05, 0.1) is 41.0 Å². The Morgan fingerprint density at radius 3 is 2.83 bits per heavy atom. The van der Waals surface area contributed by atoms with Gasteiger partial charge < -0.3 is 15.1 Å². The molecular weight excluding hydrogens is 349 g/mol. The van der Waals surface area contributed by atoms with Crippen molar-refractivity contribution in [1.82, 2.24) is 10.3 Å². The van der Waals surface area contributed by atoms with Crippen molar-refractivity contribution in [3.05, 3.63) is 76.4 Å². The number of aromatic nitrogens is 1. The number of nitrogens with zero attached hydrogens (tertiary/aromatic N) is 1. The van der Waals surface area contributed by atoms with Crippen LogP contribution in [0.15, 0.2) is 59.5 Å². The monoisotopic (exact) mass is 361 g/mol. The van der Waals surface area contributed by atoms with Crippen molar-refractivity contribution in [3.8, 4) is 0 Å². The number of amides is 1. The molecule has 24 heavy (non-hydrogen) atoms. The number of hydrogen-bond donors (Lipinski definition) is 2. The first kappa shape index (κ1) is 16.4. The molecule has 0 aliphatic heterocycles. The summed E-state index contributed by atoms with van der Waals surface area (Å²) in [7, 11) is 0. The lowest BCUT2D eigenvalue weighted by Crippen LogP contribution is -2.22. The molecule has 122 valence electrons. The Bertz CT molecular complexity index is 851. The molecule has 0 spiro atoms. The second-order valence-electron chi connectivity index (χ2n) is 4.97. The van der Waals surface area contributed by atoms with E-state index in [1.165, 1.54) is 6.20 Å². The number of pyridine rings is 1. The molecule has 7 heteroatoms. The average molecular weight is 362 g/mol. The van der Waals surface area contributed by atoms with Gasteiger partial charge in [0.2, 0.25) is 0 Å². The quantitative estimate of drug-likeness (QED) is 0.693. The normalized spacial score (nSPS) is 10.4. The van der Waals surface area contributed by atoms with Crippen molar-refractivity contribution in [2.45, 2.75) is 6.54 Å². The molecule has 2 heterocycles. The van der Waals surface area contributed by atoms with Crippen LogP contribution < -0.4 is 10.6 Å². The second-order valence-corrected chi connectivity index (χ2v) is 5.82. The minimum atomic E-state index is -0.250. The predicted molar refractivity (Wildman–Crippen MR) is 93.9 cm³/mol. The number of rotatable bonds is 5. The Balaban J connectivity index is 1.71. The third kappa shape index (κ3) is 4.07. The Labute approximate surface area is 148 Å². The van der Waals surface area contributed by atoms with Crippen LogP contribution in [-0.4, -0.2) is 10.9 Å². The van der Waals surface area contributed by atoms with E-state index in [0.29, 0.717) is 39.3 Å². The number of nitrogens with one attached hydrogen (secondary N) is 2. The van der Waals surface area contributed by atoms with Crippen LogP contribution in [0.1, 0.15) is 16.1 Å². The van der Waals surface area contributed by atoms with Crippen LogP contribution in [0.25, 0.3) is 0 Å². The van der Waals surface area contributed by atoms with Gasteiger partial charge in [0.25, 0.3) is 5.91 Å². The summed E-state index contributed by atoms with van der Waals surface area (Å²) in [5, 5.41) is 6.94. The minimum absolute atomic E-state index is 0.250. The van der Waals surface area contributed by atoms with E-state index >= 15 is 0 Å². The zero-order valence-corrected chi connectivity index (χ0v) is 13.9. The third-order valence-electron chi connectivity index (χ3n) is 3.21. The molecule has 5 nitrogen and oxygen atoms in total. The summed E-state index contributed by atoms with van der Waals surface area (Å²) in [6.45, 7) is 0.309. The van der Waals surface area contributed by atoms with Crippen molar-refractivity contribution < 1.29 is 9.21 Å². The van der Waals surface area contributed by atoms with Crippen LogP contribution in [-0.2, 0) is 6.54 Å². The lowest BCUT2D eigenvalue weighted by atomic mass is 10.2. The molecule has 0 unspecified atom stereocenters. The molecule has 0 aliphatic carbocycles. The van der Waals surface area contributed by atoms with Crippen molar-refractivity contribution in [2.75, 3.05) is 5.32 Å². The van der Waals surface area contributed by atoms with Crippen molar-refractivity contribution in [2.24, 2.45) is 0 Å². The van der Waals surface area contributed by atoms with E-state index in [1.807, 2.05) is 0 Å². The van der Waals surface area contributed by atoms with Gasteiger partial charge in [-0.1, -0.05) is 23.2 Å². The second kappa shape index (κ2) is 7.38. The van der Waals surface area contributed by atoms with Crippen LogP contribution in [0, 0.1) is 0 Å². The highest BCUT2D eigenvalue weighted by atomic mass is 35.5. The number of carbonyl (C=O) groups excluding carboxylic acids is 1. The van der Waals surface area contributed by atoms with Crippen LogP contribution in [0.4, 0.5) is 11.4 Å². The number of hydrogen-bond acceptors (Lipinski definition) is 4. The van der Waals surface area contributed by atoms with E-state index < -0.39 is 0 Å². The zero-order valence-electron chi connectivity index (χ0n) is 12.4. The number of benzene rings is 1. The molecule has 1 aromatic carbocycles. The van der Waals surface area contributed by atoms with Crippen LogP contribution in [0.3, 0.4) is 0 Å². The van der Waals surface area contributed by atoms with Gasteiger partial charge in [0.15, 0.2) is 0 Å². The molecular formula is C17H13Cl2N3O2. The fourth-order valence-electron chi connectivity index (χ4n) is 2.06. The first-order valence-corrected chi connectivity index (χ1v) is 7.85. The highest BCUT2D eigenvalue weighted by Gasteiger charge is 2.09. The number of anilines is 2. The standard InChI is InChI=1S/C17H13Cl2N3O2/c18-12-3-4-15(19)16(7-12)22-13-6-11(8-20-9-13)17(23)21-10-14-2-1-5-24-14/h1-9,22H,10H2,(H,21,23). The third-order valence-corrected chi connectivity index (χ3v) is 3.78. The molecule has 3 rings (SSSR count). The van der Waals surface area contributed by atoms with Crippen molar-refractivity contribution >= 4 is 40.5 Å². The lowest BCUT2D eigenvalue weighted by molar-refractivity contribution is 0.0947. The van der Waals surface area contributed by atoms with Gasteiger partial charge in [-0.15, -0.1) is 0 Å². The van der Waals surface area contributed by atoms with Gasteiger partial charge in [0, 0.05) is 11.2 Å². The predicted octanol–water partition coefficient (Wildman–Crippen LogP) is 4.66. The van der Waals surface area contributed by atoms with Gasteiger partial charge in [-0.25, -0.2) is 0 Å². The largest absolute Gasteiger partial charge is 0.467 e. The Morgan fingerprint density at radius 1 is 1.17 bits per heavy atom. The van der Waals surface area contributed by atoms with Gasteiger partial charge in [0.1, 0.15) is 5.76 Å². The van der Waals surface area contributed by atoms with E-state index in [9.17, 15) is 4.79 Å². The molecule has 0 radical (unpaired) electrons. The van der Waals surface area contributed by atoms with Gasteiger partial charge in [-0.05, 0) is 36.4 Å².